The Morgan fingerprint density at radius 2 is 2.00 bits per heavy atom. The minimum Gasteiger partial charge on any atom is -0.459 e. The molecule has 0 radical (unpaired) electrons. The number of rotatable bonds is 5. The summed E-state index contributed by atoms with van der Waals surface area (Å²) in [5.74, 6) is -0.554. The summed E-state index contributed by atoms with van der Waals surface area (Å²) in [6.45, 7) is 5.09. The molecule has 0 amide bonds. The van der Waals surface area contributed by atoms with Crippen molar-refractivity contribution in [2.45, 2.75) is 20.1 Å². The zero-order valence-electron chi connectivity index (χ0n) is 12.2. The average Bonchev–Trinajstić information content (AvgIpc) is 2.51. The number of hydrogen-bond acceptors (Lipinski definition) is 4. The summed E-state index contributed by atoms with van der Waals surface area (Å²) in [4.78, 5) is 36.7. The van der Waals surface area contributed by atoms with Crippen molar-refractivity contribution in [2.75, 3.05) is 0 Å². The highest BCUT2D eigenvalue weighted by Crippen LogP contribution is 2.06. The van der Waals surface area contributed by atoms with Crippen LogP contribution in [0.4, 0.5) is 0 Å². The molecule has 0 atom stereocenters. The van der Waals surface area contributed by atoms with Crippen LogP contribution in [0, 0.1) is 6.92 Å². The van der Waals surface area contributed by atoms with Crippen molar-refractivity contribution in [3.63, 3.8) is 0 Å². The van der Waals surface area contributed by atoms with E-state index < -0.39 is 17.2 Å². The fraction of sp³-hybridized carbons (Fsp3) is 0.188. The standard InChI is InChI=1S/C16H16N2O4/c1-3-12-4-6-13(7-5-12)10-22-14(19)9-18-8-11(2)15(20)17-16(18)21/h3-8H,1,9-10H2,2H3,(H,17,20,21). The first-order chi connectivity index (χ1) is 10.5. The van der Waals surface area contributed by atoms with Crippen LogP contribution in [0.25, 0.3) is 6.08 Å². The highest BCUT2D eigenvalue weighted by molar-refractivity contribution is 5.69. The molecule has 6 nitrogen and oxygen atoms in total. The fourth-order valence-electron chi connectivity index (χ4n) is 1.83. The monoisotopic (exact) mass is 300 g/mol. The quantitative estimate of drug-likeness (QED) is 0.842. The van der Waals surface area contributed by atoms with Gasteiger partial charge in [0.25, 0.3) is 5.56 Å². The Balaban J connectivity index is 1.98. The molecule has 6 heteroatoms. The van der Waals surface area contributed by atoms with Gasteiger partial charge in [-0.25, -0.2) is 4.79 Å². The van der Waals surface area contributed by atoms with Gasteiger partial charge in [0.05, 0.1) is 0 Å². The van der Waals surface area contributed by atoms with Crippen LogP contribution in [0.5, 0.6) is 0 Å². The smallest absolute Gasteiger partial charge is 0.328 e. The summed E-state index contributed by atoms with van der Waals surface area (Å²) in [6.07, 6.45) is 3.06. The number of hydrogen-bond donors (Lipinski definition) is 1. The Labute approximate surface area is 126 Å². The number of carbonyl (C=O) groups excluding carboxylic acids is 1. The van der Waals surface area contributed by atoms with Gasteiger partial charge in [-0.15, -0.1) is 0 Å². The number of aromatic amines is 1. The van der Waals surface area contributed by atoms with Gasteiger partial charge in [-0.3, -0.25) is 19.1 Å². The molecule has 22 heavy (non-hydrogen) atoms. The van der Waals surface area contributed by atoms with Gasteiger partial charge in [-0.2, -0.15) is 0 Å². The molecule has 0 bridgehead atoms. The SMILES string of the molecule is C=Cc1ccc(COC(=O)Cn2cc(C)c(=O)[nH]c2=O)cc1. The molecule has 0 saturated heterocycles. The zero-order valence-corrected chi connectivity index (χ0v) is 12.2. The Morgan fingerprint density at radius 1 is 1.32 bits per heavy atom. The second-order valence-electron chi connectivity index (χ2n) is 4.81. The minimum atomic E-state index is -0.636. The summed E-state index contributed by atoms with van der Waals surface area (Å²) in [6, 6.07) is 7.40. The summed E-state index contributed by atoms with van der Waals surface area (Å²) in [7, 11) is 0. The van der Waals surface area contributed by atoms with Gasteiger partial charge >= 0.3 is 11.7 Å². The topological polar surface area (TPSA) is 81.2 Å². The Bertz CT molecular complexity index is 800. The first kappa shape index (κ1) is 15.5. The molecule has 0 unspecified atom stereocenters. The van der Waals surface area contributed by atoms with E-state index in [0.717, 1.165) is 15.7 Å². The fourth-order valence-corrected chi connectivity index (χ4v) is 1.83. The van der Waals surface area contributed by atoms with Crippen LogP contribution < -0.4 is 11.2 Å². The van der Waals surface area contributed by atoms with E-state index in [1.807, 2.05) is 24.3 Å². The van der Waals surface area contributed by atoms with Crippen molar-refractivity contribution in [1.29, 1.82) is 0 Å². The molecule has 1 N–H and O–H groups in total. The molecule has 2 rings (SSSR count). The average molecular weight is 300 g/mol. The lowest BCUT2D eigenvalue weighted by molar-refractivity contribution is -0.145. The van der Waals surface area contributed by atoms with Gasteiger partial charge in [-0.05, 0) is 18.1 Å². The first-order valence-electron chi connectivity index (χ1n) is 6.67. The zero-order chi connectivity index (χ0) is 16.1. The number of ether oxygens (including phenoxy) is 1. The highest BCUT2D eigenvalue weighted by atomic mass is 16.5. The molecule has 0 spiro atoms. The number of carbonyl (C=O) groups is 1. The van der Waals surface area contributed by atoms with Crippen molar-refractivity contribution in [3.05, 3.63) is 74.6 Å². The van der Waals surface area contributed by atoms with Gasteiger partial charge in [0.15, 0.2) is 0 Å². The van der Waals surface area contributed by atoms with Crippen LogP contribution in [0.2, 0.25) is 0 Å². The van der Waals surface area contributed by atoms with Crippen molar-refractivity contribution < 1.29 is 9.53 Å². The van der Waals surface area contributed by atoms with Crippen molar-refractivity contribution in [2.24, 2.45) is 0 Å². The predicted octanol–water partition coefficient (Wildman–Crippen LogP) is 1.23. The Kier molecular flexibility index (Phi) is 4.73. The molecule has 1 heterocycles. The van der Waals surface area contributed by atoms with E-state index in [4.69, 9.17) is 4.74 Å². The molecule has 2 aromatic rings. The summed E-state index contributed by atoms with van der Waals surface area (Å²) in [5, 5.41) is 0. The molecular formula is C16H16N2O4. The second kappa shape index (κ2) is 6.71. The van der Waals surface area contributed by atoms with E-state index >= 15 is 0 Å². The molecule has 0 aliphatic heterocycles. The normalized spacial score (nSPS) is 10.2. The van der Waals surface area contributed by atoms with Crippen molar-refractivity contribution >= 4 is 12.0 Å². The largest absolute Gasteiger partial charge is 0.459 e. The third-order valence-corrected chi connectivity index (χ3v) is 3.10. The van der Waals surface area contributed by atoms with Crippen LogP contribution >= 0.6 is 0 Å². The molecule has 114 valence electrons. The maximum absolute atomic E-state index is 11.8. The molecular weight excluding hydrogens is 284 g/mol. The molecule has 0 saturated carbocycles. The molecule has 0 fully saturated rings. The van der Waals surface area contributed by atoms with E-state index in [1.54, 1.807) is 13.0 Å². The van der Waals surface area contributed by atoms with Crippen LogP contribution in [0.15, 0.2) is 46.6 Å². The van der Waals surface area contributed by atoms with Crippen molar-refractivity contribution in [3.8, 4) is 0 Å². The maximum atomic E-state index is 11.8. The molecule has 1 aromatic carbocycles. The second-order valence-corrected chi connectivity index (χ2v) is 4.81. The van der Waals surface area contributed by atoms with Gasteiger partial charge in [0.2, 0.25) is 0 Å². The number of aromatic nitrogens is 2. The molecule has 0 aliphatic rings. The predicted molar refractivity (Wildman–Crippen MR) is 82.4 cm³/mol. The Hall–Kier alpha value is -2.89. The number of benzene rings is 1. The summed E-state index contributed by atoms with van der Waals surface area (Å²) in [5.41, 5.74) is 1.07. The Morgan fingerprint density at radius 3 is 2.64 bits per heavy atom. The minimum absolute atomic E-state index is 0.118. The molecule has 0 aliphatic carbocycles. The molecule has 1 aromatic heterocycles. The third-order valence-electron chi connectivity index (χ3n) is 3.10. The maximum Gasteiger partial charge on any atom is 0.328 e. The lowest BCUT2D eigenvalue weighted by Crippen LogP contribution is -2.33. The number of H-pyrrole nitrogens is 1. The van der Waals surface area contributed by atoms with Crippen LogP contribution in [-0.4, -0.2) is 15.5 Å². The summed E-state index contributed by atoms with van der Waals surface area (Å²) >= 11 is 0. The van der Waals surface area contributed by atoms with E-state index in [1.165, 1.54) is 6.20 Å². The van der Waals surface area contributed by atoms with E-state index in [-0.39, 0.29) is 13.2 Å². The van der Waals surface area contributed by atoms with E-state index in [2.05, 4.69) is 11.6 Å². The van der Waals surface area contributed by atoms with E-state index in [9.17, 15) is 14.4 Å². The number of aryl methyl sites for hydroxylation is 1. The lowest BCUT2D eigenvalue weighted by Gasteiger charge is -2.07. The van der Waals surface area contributed by atoms with Gasteiger partial charge in [0.1, 0.15) is 13.2 Å². The summed E-state index contributed by atoms with van der Waals surface area (Å²) < 4.78 is 6.23. The van der Waals surface area contributed by atoms with Crippen LogP contribution in [-0.2, 0) is 22.7 Å². The number of esters is 1. The van der Waals surface area contributed by atoms with E-state index in [0.29, 0.717) is 5.56 Å². The van der Waals surface area contributed by atoms with Crippen LogP contribution in [0.3, 0.4) is 0 Å². The van der Waals surface area contributed by atoms with Gasteiger partial charge in [-0.1, -0.05) is 36.9 Å². The number of nitrogens with one attached hydrogen (secondary N) is 1. The number of nitrogens with zero attached hydrogens (tertiary/aromatic N) is 1. The highest BCUT2D eigenvalue weighted by Gasteiger charge is 2.08. The third kappa shape index (κ3) is 3.82. The van der Waals surface area contributed by atoms with Crippen molar-refractivity contribution in [1.82, 2.24) is 9.55 Å². The van der Waals surface area contributed by atoms with Gasteiger partial charge in [0, 0.05) is 11.8 Å². The first-order valence-corrected chi connectivity index (χ1v) is 6.67. The van der Waals surface area contributed by atoms with Crippen LogP contribution in [0.1, 0.15) is 16.7 Å². The lowest BCUT2D eigenvalue weighted by atomic mass is 10.1. The van der Waals surface area contributed by atoms with Gasteiger partial charge < -0.3 is 4.74 Å².